The Morgan fingerprint density at radius 3 is 2.43 bits per heavy atom. The Labute approximate surface area is 122 Å². The van der Waals surface area contributed by atoms with Crippen molar-refractivity contribution in [2.24, 2.45) is 0 Å². The van der Waals surface area contributed by atoms with Gasteiger partial charge in [-0.05, 0) is 34.5 Å². The summed E-state index contributed by atoms with van der Waals surface area (Å²) in [7, 11) is 0. The first-order valence-electron chi connectivity index (χ1n) is 6.76. The minimum Gasteiger partial charge on any atom is -0.489 e. The molecule has 0 heterocycles. The van der Waals surface area contributed by atoms with Gasteiger partial charge in [-0.3, -0.25) is 0 Å². The van der Waals surface area contributed by atoms with Gasteiger partial charge in [-0.2, -0.15) is 0 Å². The zero-order chi connectivity index (χ0) is 14.7. The predicted molar refractivity (Wildman–Crippen MR) is 80.6 cm³/mol. The van der Waals surface area contributed by atoms with E-state index in [4.69, 9.17) is 4.74 Å². The van der Waals surface area contributed by atoms with Crippen LogP contribution in [-0.4, -0.2) is 5.11 Å². The average Bonchev–Trinajstić information content (AvgIpc) is 2.53. The maximum Gasteiger partial charge on any atom is 0.125 e. The van der Waals surface area contributed by atoms with Crippen molar-refractivity contribution >= 4 is 10.8 Å². The summed E-state index contributed by atoms with van der Waals surface area (Å²) in [6.45, 7) is 0.256. The van der Waals surface area contributed by atoms with Crippen molar-refractivity contribution in [1.82, 2.24) is 0 Å². The van der Waals surface area contributed by atoms with Crippen molar-refractivity contribution in [3.63, 3.8) is 0 Å². The van der Waals surface area contributed by atoms with Crippen LogP contribution in [0.15, 0.2) is 60.7 Å². The van der Waals surface area contributed by atoms with Gasteiger partial charge >= 0.3 is 0 Å². The normalized spacial score (nSPS) is 10.8. The summed E-state index contributed by atoms with van der Waals surface area (Å²) in [5, 5.41) is 11.7. The summed E-state index contributed by atoms with van der Waals surface area (Å²) in [4.78, 5) is 0. The maximum absolute atomic E-state index is 12.9. The van der Waals surface area contributed by atoms with Crippen molar-refractivity contribution < 1.29 is 14.2 Å². The number of rotatable bonds is 4. The molecule has 106 valence electrons. The largest absolute Gasteiger partial charge is 0.489 e. The van der Waals surface area contributed by atoms with Gasteiger partial charge in [0.15, 0.2) is 0 Å². The predicted octanol–water partition coefficient (Wildman–Crippen LogP) is 4.05. The summed E-state index contributed by atoms with van der Waals surface area (Å²) in [5.74, 6) is 0.390. The molecule has 0 fully saturated rings. The van der Waals surface area contributed by atoms with Crippen molar-refractivity contribution in [3.8, 4) is 5.75 Å². The third-order valence-electron chi connectivity index (χ3n) is 3.46. The molecule has 2 nitrogen and oxygen atoms in total. The van der Waals surface area contributed by atoms with Gasteiger partial charge in [-0.25, -0.2) is 4.39 Å². The van der Waals surface area contributed by atoms with Crippen LogP contribution >= 0.6 is 0 Å². The molecule has 0 atom stereocenters. The van der Waals surface area contributed by atoms with Crippen LogP contribution in [0.5, 0.6) is 5.75 Å². The summed E-state index contributed by atoms with van der Waals surface area (Å²) >= 11 is 0. The summed E-state index contributed by atoms with van der Waals surface area (Å²) in [5.41, 5.74) is 1.66. The number of aliphatic hydroxyl groups excluding tert-OH is 1. The molecule has 0 saturated heterocycles. The Morgan fingerprint density at radius 1 is 0.905 bits per heavy atom. The number of halogens is 1. The lowest BCUT2D eigenvalue weighted by molar-refractivity contribution is 0.261. The molecular weight excluding hydrogens is 267 g/mol. The molecule has 0 radical (unpaired) electrons. The van der Waals surface area contributed by atoms with Crippen molar-refractivity contribution in [3.05, 3.63) is 77.6 Å². The highest BCUT2D eigenvalue weighted by Crippen LogP contribution is 2.28. The van der Waals surface area contributed by atoms with Crippen LogP contribution in [0.25, 0.3) is 10.8 Å². The minimum absolute atomic E-state index is 0.0832. The maximum atomic E-state index is 12.9. The molecule has 0 spiro atoms. The number of hydrogen-bond acceptors (Lipinski definition) is 2. The second-order valence-electron chi connectivity index (χ2n) is 4.84. The second kappa shape index (κ2) is 5.94. The molecule has 0 aromatic heterocycles. The smallest absolute Gasteiger partial charge is 0.125 e. The van der Waals surface area contributed by atoms with Crippen LogP contribution in [0.4, 0.5) is 4.39 Å². The fourth-order valence-corrected chi connectivity index (χ4v) is 2.36. The van der Waals surface area contributed by atoms with Gasteiger partial charge in [-0.15, -0.1) is 0 Å². The molecule has 0 unspecified atom stereocenters. The van der Waals surface area contributed by atoms with E-state index in [1.54, 1.807) is 12.1 Å². The van der Waals surface area contributed by atoms with Crippen LogP contribution < -0.4 is 4.74 Å². The number of hydrogen-bond donors (Lipinski definition) is 1. The molecule has 0 bridgehead atoms. The van der Waals surface area contributed by atoms with E-state index in [1.807, 2.05) is 36.4 Å². The molecule has 0 saturated carbocycles. The monoisotopic (exact) mass is 282 g/mol. The minimum atomic E-state index is -0.263. The van der Waals surface area contributed by atoms with E-state index in [1.165, 1.54) is 12.1 Å². The molecule has 0 aliphatic rings. The number of aliphatic hydroxyl groups is 1. The molecule has 3 aromatic rings. The standard InChI is InChI=1S/C18H15FO2/c19-15-8-5-13(6-9-15)12-21-18-10-7-14-3-1-2-4-16(14)17(18)11-20/h1-10,20H,11-12H2. The van der Waals surface area contributed by atoms with Gasteiger partial charge < -0.3 is 9.84 Å². The van der Waals surface area contributed by atoms with E-state index < -0.39 is 0 Å². The van der Waals surface area contributed by atoms with Crippen LogP contribution in [0.3, 0.4) is 0 Å². The van der Waals surface area contributed by atoms with Crippen molar-refractivity contribution in [2.75, 3.05) is 0 Å². The lowest BCUT2D eigenvalue weighted by atomic mass is 10.0. The van der Waals surface area contributed by atoms with Gasteiger partial charge in [0.25, 0.3) is 0 Å². The Morgan fingerprint density at radius 2 is 1.67 bits per heavy atom. The van der Waals surface area contributed by atoms with Crippen LogP contribution in [-0.2, 0) is 13.2 Å². The number of fused-ring (bicyclic) bond motifs is 1. The Balaban J connectivity index is 1.88. The van der Waals surface area contributed by atoms with Gasteiger partial charge in [0.1, 0.15) is 18.2 Å². The summed E-state index contributed by atoms with van der Waals surface area (Å²) < 4.78 is 18.6. The number of benzene rings is 3. The molecule has 3 rings (SSSR count). The van der Waals surface area contributed by atoms with E-state index >= 15 is 0 Å². The van der Waals surface area contributed by atoms with Gasteiger partial charge in [0, 0.05) is 5.56 Å². The summed E-state index contributed by atoms with van der Waals surface area (Å²) in [6, 6.07) is 17.9. The Hall–Kier alpha value is -2.39. The topological polar surface area (TPSA) is 29.5 Å². The lowest BCUT2D eigenvalue weighted by Crippen LogP contribution is -1.99. The van der Waals surface area contributed by atoms with E-state index in [2.05, 4.69) is 0 Å². The molecule has 0 aliphatic carbocycles. The van der Waals surface area contributed by atoms with Crippen molar-refractivity contribution in [2.45, 2.75) is 13.2 Å². The first kappa shape index (κ1) is 13.6. The molecule has 21 heavy (non-hydrogen) atoms. The van der Waals surface area contributed by atoms with Crippen LogP contribution in [0, 0.1) is 5.82 Å². The zero-order valence-electron chi connectivity index (χ0n) is 11.4. The lowest BCUT2D eigenvalue weighted by Gasteiger charge is -2.13. The fraction of sp³-hybridized carbons (Fsp3) is 0.111. The average molecular weight is 282 g/mol. The molecule has 3 aromatic carbocycles. The third kappa shape index (κ3) is 2.88. The molecule has 3 heteroatoms. The van der Waals surface area contributed by atoms with E-state index in [0.717, 1.165) is 21.9 Å². The third-order valence-corrected chi connectivity index (χ3v) is 3.46. The Bertz CT molecular complexity index is 751. The first-order valence-corrected chi connectivity index (χ1v) is 6.76. The zero-order valence-corrected chi connectivity index (χ0v) is 11.4. The van der Waals surface area contributed by atoms with Crippen LogP contribution in [0.2, 0.25) is 0 Å². The van der Waals surface area contributed by atoms with E-state index in [-0.39, 0.29) is 12.4 Å². The SMILES string of the molecule is OCc1c(OCc2ccc(F)cc2)ccc2ccccc12. The van der Waals surface area contributed by atoms with E-state index in [0.29, 0.717) is 12.4 Å². The Kier molecular flexibility index (Phi) is 3.84. The highest BCUT2D eigenvalue weighted by atomic mass is 19.1. The number of ether oxygens (including phenoxy) is 1. The molecular formula is C18H15FO2. The highest BCUT2D eigenvalue weighted by Gasteiger charge is 2.08. The van der Waals surface area contributed by atoms with Gasteiger partial charge in [0.2, 0.25) is 0 Å². The second-order valence-corrected chi connectivity index (χ2v) is 4.84. The van der Waals surface area contributed by atoms with E-state index in [9.17, 15) is 9.50 Å². The van der Waals surface area contributed by atoms with Gasteiger partial charge in [-0.1, -0.05) is 42.5 Å². The quantitative estimate of drug-likeness (QED) is 0.782. The first-order chi connectivity index (χ1) is 10.3. The van der Waals surface area contributed by atoms with Crippen LogP contribution in [0.1, 0.15) is 11.1 Å². The molecule has 1 N–H and O–H groups in total. The van der Waals surface area contributed by atoms with Gasteiger partial charge in [0.05, 0.1) is 6.61 Å². The molecule has 0 aliphatic heterocycles. The fourth-order valence-electron chi connectivity index (χ4n) is 2.36. The summed E-state index contributed by atoms with van der Waals surface area (Å²) in [6.07, 6.45) is 0. The highest BCUT2D eigenvalue weighted by molar-refractivity contribution is 5.87. The van der Waals surface area contributed by atoms with Crippen molar-refractivity contribution in [1.29, 1.82) is 0 Å². The molecule has 0 amide bonds.